The maximum atomic E-state index is 12.0. The SMILES string of the molecule is O=C(NCc1cc(Br)cc2c1OCC2)c1c[nH]ccc1=O. The standard InChI is InChI=1S/C15H13BrN2O3/c16-11-5-9-2-4-21-14(9)10(6-11)7-18-15(20)12-8-17-3-1-13(12)19/h1,3,5-6,8H,2,4,7H2,(H,17,19)(H,18,20). The van der Waals surface area contributed by atoms with Crippen molar-refractivity contribution in [2.24, 2.45) is 0 Å². The minimum Gasteiger partial charge on any atom is -0.493 e. The van der Waals surface area contributed by atoms with Crippen molar-refractivity contribution in [2.75, 3.05) is 6.61 Å². The van der Waals surface area contributed by atoms with E-state index in [1.54, 1.807) is 0 Å². The van der Waals surface area contributed by atoms with Crippen LogP contribution >= 0.6 is 15.9 Å². The number of hydrogen-bond donors (Lipinski definition) is 2. The van der Waals surface area contributed by atoms with Crippen molar-refractivity contribution in [1.82, 2.24) is 10.3 Å². The van der Waals surface area contributed by atoms with E-state index in [2.05, 4.69) is 26.2 Å². The molecule has 1 aromatic heterocycles. The number of ether oxygens (including phenoxy) is 1. The van der Waals surface area contributed by atoms with Crippen LogP contribution in [0.5, 0.6) is 5.75 Å². The van der Waals surface area contributed by atoms with Gasteiger partial charge in [0.25, 0.3) is 5.91 Å². The first-order valence-electron chi connectivity index (χ1n) is 6.54. The lowest BCUT2D eigenvalue weighted by atomic mass is 10.1. The largest absolute Gasteiger partial charge is 0.493 e. The summed E-state index contributed by atoms with van der Waals surface area (Å²) in [7, 11) is 0. The average Bonchev–Trinajstić information content (AvgIpc) is 2.93. The van der Waals surface area contributed by atoms with Crippen molar-refractivity contribution in [3.05, 3.63) is 62.0 Å². The summed E-state index contributed by atoms with van der Waals surface area (Å²) in [6.07, 6.45) is 3.77. The lowest BCUT2D eigenvalue weighted by Gasteiger charge is -2.10. The molecule has 0 saturated heterocycles. The molecule has 0 spiro atoms. The molecule has 0 saturated carbocycles. The number of amides is 1. The Labute approximate surface area is 129 Å². The summed E-state index contributed by atoms with van der Waals surface area (Å²) in [5.41, 5.74) is 1.83. The summed E-state index contributed by atoms with van der Waals surface area (Å²) in [5.74, 6) is 0.434. The first-order chi connectivity index (χ1) is 10.1. The Bertz CT molecular complexity index is 755. The van der Waals surface area contributed by atoms with E-state index in [1.807, 2.05) is 12.1 Å². The third-order valence-electron chi connectivity index (χ3n) is 3.33. The van der Waals surface area contributed by atoms with Crippen molar-refractivity contribution < 1.29 is 9.53 Å². The van der Waals surface area contributed by atoms with Gasteiger partial charge in [-0.05, 0) is 17.7 Å². The number of H-pyrrole nitrogens is 1. The highest BCUT2D eigenvalue weighted by Gasteiger charge is 2.18. The number of fused-ring (bicyclic) bond motifs is 1. The number of rotatable bonds is 3. The maximum Gasteiger partial charge on any atom is 0.257 e. The first kappa shape index (κ1) is 13.9. The molecule has 5 nitrogen and oxygen atoms in total. The summed E-state index contributed by atoms with van der Waals surface area (Å²) in [6, 6.07) is 5.27. The van der Waals surface area contributed by atoms with Crippen molar-refractivity contribution in [1.29, 1.82) is 0 Å². The molecule has 1 aromatic carbocycles. The zero-order valence-electron chi connectivity index (χ0n) is 11.1. The Morgan fingerprint density at radius 1 is 1.43 bits per heavy atom. The van der Waals surface area contributed by atoms with Crippen molar-refractivity contribution >= 4 is 21.8 Å². The molecule has 2 aromatic rings. The second-order valence-corrected chi connectivity index (χ2v) is 5.67. The maximum absolute atomic E-state index is 12.0. The Balaban J connectivity index is 1.79. The molecule has 1 aliphatic heterocycles. The molecular weight excluding hydrogens is 336 g/mol. The summed E-state index contributed by atoms with van der Waals surface area (Å²) in [5, 5.41) is 2.75. The van der Waals surface area contributed by atoms with Crippen molar-refractivity contribution in [2.45, 2.75) is 13.0 Å². The fourth-order valence-electron chi connectivity index (χ4n) is 2.34. The van der Waals surface area contributed by atoms with Crippen LogP contribution in [0.25, 0.3) is 0 Å². The zero-order valence-corrected chi connectivity index (χ0v) is 12.7. The predicted molar refractivity (Wildman–Crippen MR) is 81.6 cm³/mol. The first-order valence-corrected chi connectivity index (χ1v) is 7.34. The highest BCUT2D eigenvalue weighted by Crippen LogP contribution is 2.32. The molecule has 2 N–H and O–H groups in total. The van der Waals surface area contributed by atoms with E-state index in [0.717, 1.165) is 27.8 Å². The number of aromatic nitrogens is 1. The second-order valence-electron chi connectivity index (χ2n) is 4.76. The summed E-state index contributed by atoms with van der Waals surface area (Å²) in [6.45, 7) is 0.972. The van der Waals surface area contributed by atoms with Crippen LogP contribution in [0.15, 0.2) is 39.9 Å². The van der Waals surface area contributed by atoms with Crippen LogP contribution in [0, 0.1) is 0 Å². The molecule has 2 heterocycles. The molecule has 0 bridgehead atoms. The van der Waals surface area contributed by atoms with Gasteiger partial charge in [-0.3, -0.25) is 9.59 Å². The molecule has 0 fully saturated rings. The van der Waals surface area contributed by atoms with Crippen LogP contribution < -0.4 is 15.5 Å². The normalized spacial score (nSPS) is 12.6. The van der Waals surface area contributed by atoms with Crippen LogP contribution in [-0.4, -0.2) is 17.5 Å². The van der Waals surface area contributed by atoms with Crippen molar-refractivity contribution in [3.8, 4) is 5.75 Å². The fourth-order valence-corrected chi connectivity index (χ4v) is 2.89. The van der Waals surface area contributed by atoms with Gasteiger partial charge in [0.1, 0.15) is 11.3 Å². The van der Waals surface area contributed by atoms with Gasteiger partial charge in [0.15, 0.2) is 5.43 Å². The van der Waals surface area contributed by atoms with Crippen LogP contribution in [0.2, 0.25) is 0 Å². The molecule has 0 unspecified atom stereocenters. The van der Waals surface area contributed by atoms with Crippen LogP contribution in [0.3, 0.4) is 0 Å². The van der Waals surface area contributed by atoms with Gasteiger partial charge in [0, 0.05) is 41.5 Å². The number of nitrogens with one attached hydrogen (secondary N) is 2. The smallest absolute Gasteiger partial charge is 0.257 e. The number of aromatic amines is 1. The average molecular weight is 349 g/mol. The Hall–Kier alpha value is -2.08. The van der Waals surface area contributed by atoms with E-state index < -0.39 is 5.91 Å². The number of halogens is 1. The van der Waals surface area contributed by atoms with E-state index >= 15 is 0 Å². The summed E-state index contributed by atoms with van der Waals surface area (Å²) < 4.78 is 6.56. The van der Waals surface area contributed by atoms with E-state index in [0.29, 0.717) is 13.2 Å². The Morgan fingerprint density at radius 2 is 2.29 bits per heavy atom. The third kappa shape index (κ3) is 2.85. The Kier molecular flexibility index (Phi) is 3.79. The summed E-state index contributed by atoms with van der Waals surface area (Å²) in [4.78, 5) is 26.4. The van der Waals surface area contributed by atoms with Gasteiger partial charge >= 0.3 is 0 Å². The van der Waals surface area contributed by atoms with Crippen molar-refractivity contribution in [3.63, 3.8) is 0 Å². The van der Waals surface area contributed by atoms with Gasteiger partial charge in [-0.25, -0.2) is 0 Å². The topological polar surface area (TPSA) is 71.2 Å². The summed E-state index contributed by atoms with van der Waals surface area (Å²) >= 11 is 3.46. The zero-order chi connectivity index (χ0) is 14.8. The van der Waals surface area contributed by atoms with Gasteiger partial charge in [0.05, 0.1) is 6.61 Å². The number of carbonyl (C=O) groups is 1. The van der Waals surface area contributed by atoms with Gasteiger partial charge < -0.3 is 15.0 Å². The highest BCUT2D eigenvalue weighted by atomic mass is 79.9. The number of hydrogen-bond acceptors (Lipinski definition) is 3. The molecule has 0 aliphatic carbocycles. The van der Waals surface area contributed by atoms with Gasteiger partial charge in [0.2, 0.25) is 0 Å². The van der Waals surface area contributed by atoms with Gasteiger partial charge in [-0.2, -0.15) is 0 Å². The molecule has 3 rings (SSSR count). The number of carbonyl (C=O) groups excluding carboxylic acids is 1. The molecule has 1 aliphatic rings. The van der Waals surface area contributed by atoms with Gasteiger partial charge in [-0.15, -0.1) is 0 Å². The quantitative estimate of drug-likeness (QED) is 0.891. The molecule has 6 heteroatoms. The third-order valence-corrected chi connectivity index (χ3v) is 3.79. The molecule has 21 heavy (non-hydrogen) atoms. The van der Waals surface area contributed by atoms with E-state index in [-0.39, 0.29) is 11.0 Å². The second kappa shape index (κ2) is 5.73. The van der Waals surface area contributed by atoms with E-state index in [4.69, 9.17) is 4.74 Å². The molecule has 0 radical (unpaired) electrons. The van der Waals surface area contributed by atoms with E-state index in [9.17, 15) is 9.59 Å². The monoisotopic (exact) mass is 348 g/mol. The lowest BCUT2D eigenvalue weighted by Crippen LogP contribution is -2.28. The molecule has 0 atom stereocenters. The minimum atomic E-state index is -0.399. The highest BCUT2D eigenvalue weighted by molar-refractivity contribution is 9.10. The number of benzene rings is 1. The van der Waals surface area contributed by atoms with Crippen LogP contribution in [0.1, 0.15) is 21.5 Å². The Morgan fingerprint density at radius 3 is 3.10 bits per heavy atom. The van der Waals surface area contributed by atoms with Crippen LogP contribution in [0.4, 0.5) is 0 Å². The number of pyridine rings is 1. The molecule has 108 valence electrons. The van der Waals surface area contributed by atoms with E-state index in [1.165, 1.54) is 18.5 Å². The molecular formula is C15H13BrN2O3. The minimum absolute atomic E-state index is 0.102. The van der Waals surface area contributed by atoms with Crippen LogP contribution in [-0.2, 0) is 13.0 Å². The fraction of sp³-hybridized carbons (Fsp3) is 0.200. The molecule has 1 amide bonds. The lowest BCUT2D eigenvalue weighted by molar-refractivity contribution is 0.0949. The predicted octanol–water partition coefficient (Wildman–Crippen LogP) is 2.00. The van der Waals surface area contributed by atoms with Gasteiger partial charge in [-0.1, -0.05) is 15.9 Å².